The van der Waals surface area contributed by atoms with Gasteiger partial charge in [0.05, 0.1) is 7.22 Å². The van der Waals surface area contributed by atoms with Crippen LogP contribution in [0, 0.1) is 0 Å². The largest absolute Gasteiger partial charge is 0.480 e. The van der Waals surface area contributed by atoms with Crippen molar-refractivity contribution in [1.82, 2.24) is 5.32 Å². The molecule has 0 rings (SSSR count). The second kappa shape index (κ2) is 5.84. The van der Waals surface area contributed by atoms with Crippen molar-refractivity contribution < 1.29 is 16.1 Å². The van der Waals surface area contributed by atoms with Crippen molar-refractivity contribution >= 4 is 23.6 Å². The van der Waals surface area contributed by atoms with Crippen LogP contribution in [0.3, 0.4) is 0 Å². The quantitative estimate of drug-likeness (QED) is 0.498. The van der Waals surface area contributed by atoms with Crippen molar-refractivity contribution in [3.63, 3.8) is 0 Å². The van der Waals surface area contributed by atoms with Gasteiger partial charge in [-0.25, -0.2) is 0 Å². The summed E-state index contributed by atoms with van der Waals surface area (Å²) in [5, 5.41) is 10.7. The fourth-order valence-electron chi connectivity index (χ4n) is 0.348. The topological polar surface area (TPSA) is 92.4 Å². The van der Waals surface area contributed by atoms with Gasteiger partial charge in [-0.2, -0.15) is 0 Å². The highest BCUT2D eigenvalue weighted by Crippen LogP contribution is 1.98. The Morgan fingerprint density at radius 2 is 2.42 bits per heavy atom. The molecule has 0 aliphatic heterocycles. The molecular weight excluding hydrogens is 180 g/mol. The standard InChI is InChI=1S/C6H12N2O3S/c1-4(9)8-3-12-2-5(7)6(10)11/h5H,2-3,7H2,1H3,(H,8,9)(H,10,11)/t5-/m0/s1/i3D/t3?,5-. The first kappa shape index (κ1) is 9.34. The molecule has 2 atom stereocenters. The highest BCUT2D eigenvalue weighted by atomic mass is 32.2. The molecular formula is C6H12N2O3S. The van der Waals surface area contributed by atoms with E-state index in [2.05, 4.69) is 5.32 Å². The molecule has 0 aromatic rings. The summed E-state index contributed by atoms with van der Waals surface area (Å²) < 4.78 is 7.22. The van der Waals surface area contributed by atoms with E-state index in [1.54, 1.807) is 0 Å². The lowest BCUT2D eigenvalue weighted by Gasteiger charge is -2.05. The zero-order chi connectivity index (χ0) is 10.4. The summed E-state index contributed by atoms with van der Waals surface area (Å²) in [5.41, 5.74) is 5.18. The van der Waals surface area contributed by atoms with Gasteiger partial charge in [0.25, 0.3) is 0 Å². The maximum atomic E-state index is 10.4. The number of nitrogens with two attached hydrogens (primary N) is 1. The zero-order valence-electron chi connectivity index (χ0n) is 7.61. The van der Waals surface area contributed by atoms with Crippen LogP contribution in [0.1, 0.15) is 8.29 Å². The Morgan fingerprint density at radius 1 is 1.83 bits per heavy atom. The SMILES string of the molecule is [2H]C(NC(C)=O)SC[C@H](N)C(=O)O. The molecule has 0 aromatic heterocycles. The first-order valence-corrected chi connectivity index (χ1v) is 4.27. The van der Waals surface area contributed by atoms with Crippen molar-refractivity contribution in [2.45, 2.75) is 13.0 Å². The molecule has 1 amide bonds. The maximum absolute atomic E-state index is 10.4. The number of carboxylic acid groups (broad SMARTS) is 1. The van der Waals surface area contributed by atoms with E-state index < -0.39 is 17.9 Å². The molecule has 0 saturated carbocycles. The number of thioether (sulfide) groups is 1. The van der Waals surface area contributed by atoms with Crippen molar-refractivity contribution in [3.05, 3.63) is 0 Å². The molecule has 0 bridgehead atoms. The molecule has 1 unspecified atom stereocenters. The molecule has 12 heavy (non-hydrogen) atoms. The molecule has 0 radical (unpaired) electrons. The Balaban J connectivity index is 3.63. The zero-order valence-corrected chi connectivity index (χ0v) is 7.43. The Bertz CT molecular complexity index is 202. The van der Waals surface area contributed by atoms with Crippen LogP contribution in [0.4, 0.5) is 0 Å². The van der Waals surface area contributed by atoms with Gasteiger partial charge >= 0.3 is 5.97 Å². The van der Waals surface area contributed by atoms with Crippen LogP contribution in [0.5, 0.6) is 0 Å². The van der Waals surface area contributed by atoms with Crippen LogP contribution in [0.2, 0.25) is 0 Å². The summed E-state index contributed by atoms with van der Waals surface area (Å²) in [6.07, 6.45) is 0. The van der Waals surface area contributed by atoms with E-state index in [0.717, 1.165) is 11.8 Å². The summed E-state index contributed by atoms with van der Waals surface area (Å²) in [7, 11) is 0. The second-order valence-corrected chi connectivity index (χ2v) is 3.00. The fraction of sp³-hybridized carbons (Fsp3) is 0.667. The number of aliphatic carboxylic acids is 1. The number of nitrogens with one attached hydrogen (secondary N) is 1. The summed E-state index contributed by atoms with van der Waals surface area (Å²) in [4.78, 5) is 20.7. The molecule has 6 heteroatoms. The lowest BCUT2D eigenvalue weighted by Crippen LogP contribution is -2.33. The normalized spacial score (nSPS) is 16.0. The molecule has 5 nitrogen and oxygen atoms in total. The second-order valence-electron chi connectivity index (χ2n) is 2.10. The van der Waals surface area contributed by atoms with Crippen LogP contribution in [0.15, 0.2) is 0 Å². The van der Waals surface area contributed by atoms with Gasteiger partial charge < -0.3 is 16.2 Å². The van der Waals surface area contributed by atoms with Gasteiger partial charge in [-0.1, -0.05) is 0 Å². The van der Waals surface area contributed by atoms with Crippen LogP contribution in [-0.4, -0.2) is 34.6 Å². The number of carboxylic acids is 1. The van der Waals surface area contributed by atoms with Crippen LogP contribution < -0.4 is 11.1 Å². The number of carbonyl (C=O) groups excluding carboxylic acids is 1. The third kappa shape index (κ3) is 5.99. The highest BCUT2D eigenvalue weighted by molar-refractivity contribution is 7.99. The van der Waals surface area contributed by atoms with Gasteiger partial charge in [-0.05, 0) is 0 Å². The van der Waals surface area contributed by atoms with Crippen LogP contribution >= 0.6 is 11.8 Å². The molecule has 0 fully saturated rings. The maximum Gasteiger partial charge on any atom is 0.321 e. The monoisotopic (exact) mass is 193 g/mol. The van der Waals surface area contributed by atoms with E-state index in [-0.39, 0.29) is 11.7 Å². The lowest BCUT2D eigenvalue weighted by atomic mass is 10.4. The Hall–Kier alpha value is -0.750. The minimum atomic E-state index is -1.11. The first-order chi connectivity index (χ1) is 5.93. The van der Waals surface area contributed by atoms with Crippen molar-refractivity contribution in [3.8, 4) is 0 Å². The smallest absolute Gasteiger partial charge is 0.321 e. The summed E-state index contributed by atoms with van der Waals surface area (Å²) >= 11 is 0.970. The van der Waals surface area contributed by atoms with E-state index in [9.17, 15) is 9.59 Å². The van der Waals surface area contributed by atoms with E-state index in [0.29, 0.717) is 0 Å². The molecule has 0 aromatic carbocycles. The predicted octanol–water partition coefficient (Wildman–Crippen LogP) is -0.775. The Kier molecular flexibility index (Phi) is 4.55. The highest BCUT2D eigenvalue weighted by Gasteiger charge is 2.10. The third-order valence-corrected chi connectivity index (χ3v) is 1.77. The van der Waals surface area contributed by atoms with Crippen LogP contribution in [-0.2, 0) is 9.59 Å². The van der Waals surface area contributed by atoms with Gasteiger partial charge in [0.1, 0.15) is 6.04 Å². The minimum absolute atomic E-state index is 0.101. The molecule has 0 heterocycles. The van der Waals surface area contributed by atoms with E-state index in [1.807, 2.05) is 0 Å². The number of hydrogen-bond donors (Lipinski definition) is 3. The average Bonchev–Trinajstić information content (AvgIpc) is 1.98. The van der Waals surface area contributed by atoms with Crippen molar-refractivity contribution in [2.75, 3.05) is 11.6 Å². The molecule has 0 saturated heterocycles. The van der Waals surface area contributed by atoms with Crippen molar-refractivity contribution in [1.29, 1.82) is 0 Å². The predicted molar refractivity (Wildman–Crippen MR) is 46.8 cm³/mol. The molecule has 70 valence electrons. The summed E-state index contributed by atoms with van der Waals surface area (Å²) in [5.74, 6) is -2.19. The molecule has 4 N–H and O–H groups in total. The van der Waals surface area contributed by atoms with E-state index in [4.69, 9.17) is 12.2 Å². The molecule has 0 spiro atoms. The van der Waals surface area contributed by atoms with Gasteiger partial charge in [0.15, 0.2) is 0 Å². The Morgan fingerprint density at radius 3 is 2.83 bits per heavy atom. The number of carbonyl (C=O) groups is 2. The number of rotatable bonds is 5. The van der Waals surface area contributed by atoms with Crippen LogP contribution in [0.25, 0.3) is 0 Å². The van der Waals surface area contributed by atoms with E-state index in [1.165, 1.54) is 6.92 Å². The average molecular weight is 193 g/mol. The van der Waals surface area contributed by atoms with Gasteiger partial charge in [-0.3, -0.25) is 9.59 Å². The summed E-state index contributed by atoms with van der Waals surface area (Å²) in [6, 6.07) is -0.994. The fourth-order valence-corrected chi connectivity index (χ4v) is 1.04. The van der Waals surface area contributed by atoms with E-state index >= 15 is 0 Å². The lowest BCUT2D eigenvalue weighted by molar-refractivity contribution is -0.137. The number of hydrogen-bond acceptors (Lipinski definition) is 4. The van der Waals surface area contributed by atoms with Gasteiger partial charge in [-0.15, -0.1) is 11.8 Å². The van der Waals surface area contributed by atoms with Gasteiger partial charge in [0.2, 0.25) is 5.91 Å². The Labute approximate surface area is 76.1 Å². The van der Waals surface area contributed by atoms with Gasteiger partial charge in [0, 0.05) is 12.7 Å². The van der Waals surface area contributed by atoms with Crippen molar-refractivity contribution in [2.24, 2.45) is 5.73 Å². The first-order valence-electron chi connectivity index (χ1n) is 3.80. The third-order valence-electron chi connectivity index (χ3n) is 0.939. The molecule has 0 aliphatic rings. The minimum Gasteiger partial charge on any atom is -0.480 e. The summed E-state index contributed by atoms with van der Waals surface area (Å²) in [6.45, 7) is 1.29. The molecule has 0 aliphatic carbocycles. The number of amides is 1.